The molecule has 174 valence electrons. The van der Waals surface area contributed by atoms with Crippen molar-refractivity contribution in [2.45, 2.75) is 13.3 Å². The van der Waals surface area contributed by atoms with Crippen molar-refractivity contribution in [3.8, 4) is 11.8 Å². The van der Waals surface area contributed by atoms with Gasteiger partial charge in [-0.2, -0.15) is 10.4 Å². The van der Waals surface area contributed by atoms with Crippen LogP contribution in [0, 0.1) is 29.9 Å². The van der Waals surface area contributed by atoms with Crippen LogP contribution in [0.4, 0.5) is 14.5 Å². The number of carbonyl (C=O) groups excluding carboxylic acids is 2. The summed E-state index contributed by atoms with van der Waals surface area (Å²) in [6.45, 7) is 1.18. The van der Waals surface area contributed by atoms with Crippen molar-refractivity contribution >= 4 is 35.2 Å². The van der Waals surface area contributed by atoms with Crippen molar-refractivity contribution in [3.63, 3.8) is 0 Å². The standard InChI is InChI=1S/C24H19ClF2N4O3/c1-16-21(24(25)31(29-16)20-9-5-18(27)6-10-20)11-12-23(33)34-15-22(32)30(14-2-13-28)19-7-3-17(26)4-8-19/h3-12H,2,14-15H2,1H3/b12-11+. The van der Waals surface area contributed by atoms with E-state index < -0.39 is 30.1 Å². The summed E-state index contributed by atoms with van der Waals surface area (Å²) < 4.78 is 32.8. The Morgan fingerprint density at radius 3 is 2.38 bits per heavy atom. The van der Waals surface area contributed by atoms with E-state index >= 15 is 0 Å². The maximum absolute atomic E-state index is 13.2. The second kappa shape index (κ2) is 11.2. The van der Waals surface area contributed by atoms with E-state index in [4.69, 9.17) is 21.6 Å². The van der Waals surface area contributed by atoms with Gasteiger partial charge >= 0.3 is 5.97 Å². The van der Waals surface area contributed by atoms with Gasteiger partial charge in [-0.3, -0.25) is 4.79 Å². The average Bonchev–Trinajstić information content (AvgIpc) is 3.11. The zero-order valence-corrected chi connectivity index (χ0v) is 18.8. The van der Waals surface area contributed by atoms with E-state index in [0.717, 1.165) is 6.08 Å². The van der Waals surface area contributed by atoms with Gasteiger partial charge in [0, 0.05) is 23.9 Å². The van der Waals surface area contributed by atoms with Gasteiger partial charge in [0.25, 0.3) is 5.91 Å². The maximum atomic E-state index is 13.2. The zero-order valence-electron chi connectivity index (χ0n) is 18.0. The Kier molecular flexibility index (Phi) is 8.11. The number of aromatic nitrogens is 2. The van der Waals surface area contributed by atoms with Crippen LogP contribution in [0.2, 0.25) is 5.15 Å². The van der Waals surface area contributed by atoms with Crippen molar-refractivity contribution in [2.75, 3.05) is 18.1 Å². The number of nitriles is 1. The van der Waals surface area contributed by atoms with Crippen LogP contribution in [-0.4, -0.2) is 34.8 Å². The smallest absolute Gasteiger partial charge is 0.331 e. The quantitative estimate of drug-likeness (QED) is 0.344. The highest BCUT2D eigenvalue weighted by atomic mass is 35.5. The lowest BCUT2D eigenvalue weighted by Crippen LogP contribution is -2.35. The fourth-order valence-corrected chi connectivity index (χ4v) is 3.38. The molecule has 34 heavy (non-hydrogen) atoms. The summed E-state index contributed by atoms with van der Waals surface area (Å²) in [7, 11) is 0. The number of hydrogen-bond acceptors (Lipinski definition) is 5. The van der Waals surface area contributed by atoms with E-state index in [1.807, 2.05) is 6.07 Å². The summed E-state index contributed by atoms with van der Waals surface area (Å²) in [5.74, 6) is -2.23. The number of halogens is 3. The average molecular weight is 485 g/mol. The van der Waals surface area contributed by atoms with E-state index in [-0.39, 0.29) is 18.1 Å². The van der Waals surface area contributed by atoms with Gasteiger partial charge in [0.1, 0.15) is 16.8 Å². The molecule has 3 rings (SSSR count). The topological polar surface area (TPSA) is 88.2 Å². The molecular weight excluding hydrogens is 466 g/mol. The fraction of sp³-hybridized carbons (Fsp3) is 0.167. The number of benzene rings is 2. The number of ether oxygens (including phenoxy) is 1. The molecule has 0 radical (unpaired) electrons. The van der Waals surface area contributed by atoms with E-state index in [2.05, 4.69) is 5.10 Å². The lowest BCUT2D eigenvalue weighted by atomic mass is 10.2. The first-order valence-electron chi connectivity index (χ1n) is 10.1. The van der Waals surface area contributed by atoms with Gasteiger partial charge in [-0.15, -0.1) is 0 Å². The molecule has 0 bridgehead atoms. The molecule has 10 heteroatoms. The summed E-state index contributed by atoms with van der Waals surface area (Å²) in [5, 5.41) is 13.3. The van der Waals surface area contributed by atoms with Crippen LogP contribution in [0.5, 0.6) is 0 Å². The van der Waals surface area contributed by atoms with Gasteiger partial charge in [-0.25, -0.2) is 18.3 Å². The van der Waals surface area contributed by atoms with Gasteiger partial charge in [-0.05, 0) is 61.5 Å². The molecule has 7 nitrogen and oxygen atoms in total. The molecule has 0 atom stereocenters. The number of nitrogens with zero attached hydrogens (tertiary/aromatic N) is 4. The molecule has 0 unspecified atom stereocenters. The number of aryl methyl sites for hydroxylation is 1. The normalized spacial score (nSPS) is 10.8. The molecule has 0 saturated carbocycles. The Morgan fingerprint density at radius 2 is 1.76 bits per heavy atom. The fourth-order valence-electron chi connectivity index (χ4n) is 3.04. The van der Waals surface area contributed by atoms with Gasteiger partial charge in [0.05, 0.1) is 23.9 Å². The van der Waals surface area contributed by atoms with E-state index in [1.165, 1.54) is 64.2 Å². The van der Waals surface area contributed by atoms with Crippen molar-refractivity contribution in [1.29, 1.82) is 5.26 Å². The number of rotatable bonds is 8. The number of amides is 1. The van der Waals surface area contributed by atoms with Crippen LogP contribution in [0.1, 0.15) is 17.7 Å². The minimum Gasteiger partial charge on any atom is -0.452 e. The summed E-state index contributed by atoms with van der Waals surface area (Å²) >= 11 is 6.37. The number of hydrogen-bond donors (Lipinski definition) is 0. The summed E-state index contributed by atoms with van der Waals surface area (Å²) in [6, 6.07) is 12.7. The summed E-state index contributed by atoms with van der Waals surface area (Å²) in [4.78, 5) is 26.0. The first-order chi connectivity index (χ1) is 16.3. The first-order valence-corrected chi connectivity index (χ1v) is 10.5. The number of esters is 1. The molecule has 0 N–H and O–H groups in total. The Bertz CT molecular complexity index is 1250. The molecule has 1 amide bonds. The third-order valence-corrected chi connectivity index (χ3v) is 5.09. The molecule has 1 heterocycles. The molecule has 0 aliphatic heterocycles. The molecule has 3 aromatic rings. The molecular formula is C24H19ClF2N4O3. The van der Waals surface area contributed by atoms with Gasteiger partial charge in [-0.1, -0.05) is 11.6 Å². The van der Waals surface area contributed by atoms with E-state index in [9.17, 15) is 18.4 Å². The van der Waals surface area contributed by atoms with Gasteiger partial charge in [0.15, 0.2) is 6.61 Å². The molecule has 0 fully saturated rings. The SMILES string of the molecule is Cc1nn(-c2ccc(F)cc2)c(Cl)c1/C=C/C(=O)OCC(=O)N(CCC#N)c1ccc(F)cc1. The highest BCUT2D eigenvalue weighted by Crippen LogP contribution is 2.25. The third-order valence-electron chi connectivity index (χ3n) is 4.73. The Labute approximate surface area is 199 Å². The lowest BCUT2D eigenvalue weighted by Gasteiger charge is -2.21. The van der Waals surface area contributed by atoms with Crippen LogP contribution in [0.3, 0.4) is 0 Å². The first kappa shape index (κ1) is 24.6. The minimum atomic E-state index is -0.794. The van der Waals surface area contributed by atoms with Crippen molar-refractivity contribution in [2.24, 2.45) is 0 Å². The van der Waals surface area contributed by atoms with Gasteiger partial charge in [0.2, 0.25) is 0 Å². The zero-order chi connectivity index (χ0) is 24.7. The minimum absolute atomic E-state index is 0.0484. The van der Waals surface area contributed by atoms with Crippen molar-refractivity contribution in [3.05, 3.63) is 82.7 Å². The van der Waals surface area contributed by atoms with Crippen LogP contribution in [-0.2, 0) is 14.3 Å². The van der Waals surface area contributed by atoms with Crippen molar-refractivity contribution < 1.29 is 23.1 Å². The predicted molar refractivity (Wildman–Crippen MR) is 122 cm³/mol. The molecule has 0 spiro atoms. The Balaban J connectivity index is 1.66. The summed E-state index contributed by atoms with van der Waals surface area (Å²) in [6.07, 6.45) is 2.56. The van der Waals surface area contributed by atoms with Crippen LogP contribution in [0.25, 0.3) is 11.8 Å². The largest absolute Gasteiger partial charge is 0.452 e. The summed E-state index contributed by atoms with van der Waals surface area (Å²) in [5.41, 5.74) is 1.90. The Hall–Kier alpha value is -4.03. The molecule has 0 aliphatic carbocycles. The second-order valence-electron chi connectivity index (χ2n) is 7.05. The van der Waals surface area contributed by atoms with Crippen LogP contribution in [0.15, 0.2) is 54.6 Å². The highest BCUT2D eigenvalue weighted by Gasteiger charge is 2.18. The number of anilines is 1. The second-order valence-corrected chi connectivity index (χ2v) is 7.41. The van der Waals surface area contributed by atoms with Crippen LogP contribution < -0.4 is 4.90 Å². The van der Waals surface area contributed by atoms with E-state index in [0.29, 0.717) is 22.6 Å². The van der Waals surface area contributed by atoms with Crippen LogP contribution >= 0.6 is 11.6 Å². The molecule has 1 aromatic heterocycles. The molecule has 2 aromatic carbocycles. The van der Waals surface area contributed by atoms with E-state index in [1.54, 1.807) is 6.92 Å². The van der Waals surface area contributed by atoms with Gasteiger partial charge < -0.3 is 9.64 Å². The highest BCUT2D eigenvalue weighted by molar-refractivity contribution is 6.31. The maximum Gasteiger partial charge on any atom is 0.331 e. The monoisotopic (exact) mass is 484 g/mol. The lowest BCUT2D eigenvalue weighted by molar-refractivity contribution is -0.142. The molecule has 0 saturated heterocycles. The van der Waals surface area contributed by atoms with Crippen molar-refractivity contribution in [1.82, 2.24) is 9.78 Å². The Morgan fingerprint density at radius 1 is 1.15 bits per heavy atom. The predicted octanol–water partition coefficient (Wildman–Crippen LogP) is 4.62. The number of carbonyl (C=O) groups is 2. The molecule has 0 aliphatic rings. The third kappa shape index (κ3) is 6.05.